The van der Waals surface area contributed by atoms with Gasteiger partial charge in [0.25, 0.3) is 0 Å². The summed E-state index contributed by atoms with van der Waals surface area (Å²) < 4.78 is 0. The van der Waals surface area contributed by atoms with Gasteiger partial charge in [-0.25, -0.2) is 0 Å². The lowest BCUT2D eigenvalue weighted by Crippen LogP contribution is -1.54. The Kier molecular flexibility index (Phi) is 16.8. The molecule has 0 aliphatic heterocycles. The van der Waals surface area contributed by atoms with Crippen molar-refractivity contribution in [3.63, 3.8) is 0 Å². The lowest BCUT2D eigenvalue weighted by molar-refractivity contribution is 1.82. The molecule has 117 valence electrons. The molecular formula is C23H25. The summed E-state index contributed by atoms with van der Waals surface area (Å²) in [6.07, 6.45) is 40.8. The van der Waals surface area contributed by atoms with Gasteiger partial charge in [-0.1, -0.05) is 134 Å². The number of allylic oxidation sites excluding steroid dienone is 21. The minimum atomic E-state index is 1.75. The van der Waals surface area contributed by atoms with Crippen molar-refractivity contribution in [2.75, 3.05) is 0 Å². The minimum absolute atomic E-state index is 1.75. The van der Waals surface area contributed by atoms with Crippen LogP contribution in [-0.2, 0) is 0 Å². The third-order valence-corrected chi connectivity index (χ3v) is 2.27. The van der Waals surface area contributed by atoms with E-state index in [2.05, 4.69) is 13.5 Å². The zero-order chi connectivity index (χ0) is 16.8. The van der Waals surface area contributed by atoms with Crippen LogP contribution in [0.5, 0.6) is 0 Å². The predicted octanol–water partition coefficient (Wildman–Crippen LogP) is 6.57. The van der Waals surface area contributed by atoms with E-state index in [-0.39, 0.29) is 0 Å². The Balaban J connectivity index is 3.90. The number of rotatable bonds is 10. The molecule has 0 rings (SSSR count). The molecule has 0 spiro atoms. The quantitative estimate of drug-likeness (QED) is 0.400. The largest absolute Gasteiger partial charge is 0.0991 e. The second-order valence-corrected chi connectivity index (χ2v) is 4.13. The standard InChI is InChI=1S/C23H25/c1-3-5-7-9-11-13-15-17-19-21-23-22-20-18-16-14-12-10-8-6-4-2/h3-23H,1-2H2/b5-3+,8-6+,9-7+,12-10+,13-11+,16-14+,17-15+,20-18+,21-19+,23-22+. The van der Waals surface area contributed by atoms with Crippen molar-refractivity contribution >= 4 is 0 Å². The van der Waals surface area contributed by atoms with Crippen molar-refractivity contribution in [3.8, 4) is 0 Å². The fourth-order valence-electron chi connectivity index (χ4n) is 1.25. The van der Waals surface area contributed by atoms with E-state index in [1.165, 1.54) is 0 Å². The average Bonchev–Trinajstić information content (AvgIpc) is 2.57. The second-order valence-electron chi connectivity index (χ2n) is 4.13. The minimum Gasteiger partial charge on any atom is -0.0991 e. The van der Waals surface area contributed by atoms with E-state index in [0.29, 0.717) is 0 Å². The first-order valence-electron chi connectivity index (χ1n) is 7.48. The van der Waals surface area contributed by atoms with E-state index in [1.54, 1.807) is 12.2 Å². The van der Waals surface area contributed by atoms with Crippen LogP contribution in [0.3, 0.4) is 0 Å². The first-order valence-corrected chi connectivity index (χ1v) is 7.48. The van der Waals surface area contributed by atoms with Crippen molar-refractivity contribution < 1.29 is 0 Å². The van der Waals surface area contributed by atoms with Gasteiger partial charge in [0.15, 0.2) is 0 Å². The van der Waals surface area contributed by atoms with Crippen LogP contribution in [0.4, 0.5) is 0 Å². The van der Waals surface area contributed by atoms with Crippen LogP contribution >= 0.6 is 0 Å². The van der Waals surface area contributed by atoms with E-state index in [9.17, 15) is 0 Å². The fourth-order valence-corrected chi connectivity index (χ4v) is 1.25. The van der Waals surface area contributed by atoms with Gasteiger partial charge in [0, 0.05) is 0 Å². The zero-order valence-electron chi connectivity index (χ0n) is 13.5. The summed E-state index contributed by atoms with van der Waals surface area (Å²) in [6.45, 7) is 7.20. The van der Waals surface area contributed by atoms with Crippen molar-refractivity contribution in [1.29, 1.82) is 0 Å². The lowest BCUT2D eigenvalue weighted by atomic mass is 10.3. The first kappa shape index (κ1) is 20.1. The highest BCUT2D eigenvalue weighted by atomic mass is 13.7. The summed E-state index contributed by atoms with van der Waals surface area (Å²) in [7, 11) is 0. The normalized spacial score (nSPS) is 14.5. The summed E-state index contributed by atoms with van der Waals surface area (Å²) in [5, 5.41) is 0. The molecule has 0 atom stereocenters. The van der Waals surface area contributed by atoms with Gasteiger partial charge >= 0.3 is 0 Å². The highest BCUT2D eigenvalue weighted by molar-refractivity contribution is 5.22. The summed E-state index contributed by atoms with van der Waals surface area (Å²) in [6, 6.07) is 0. The van der Waals surface area contributed by atoms with E-state index in [4.69, 9.17) is 0 Å². The molecule has 1 radical (unpaired) electrons. The highest BCUT2D eigenvalue weighted by Crippen LogP contribution is 1.86. The van der Waals surface area contributed by atoms with Crippen molar-refractivity contribution in [2.45, 2.75) is 0 Å². The molecule has 0 aliphatic rings. The Morgan fingerprint density at radius 3 is 0.739 bits per heavy atom. The van der Waals surface area contributed by atoms with Gasteiger partial charge in [-0.2, -0.15) is 0 Å². The molecule has 0 heteroatoms. The topological polar surface area (TPSA) is 0 Å². The number of hydrogen-bond acceptors (Lipinski definition) is 0. The molecule has 0 aromatic rings. The van der Waals surface area contributed by atoms with Crippen LogP contribution in [0.2, 0.25) is 0 Å². The van der Waals surface area contributed by atoms with Crippen molar-refractivity contribution in [1.82, 2.24) is 0 Å². The highest BCUT2D eigenvalue weighted by Gasteiger charge is 1.65. The SMILES string of the molecule is [CH2]/C=C/C=C/C=C/C=C/C=C/C=C/C=C/C=C/C=C/C=C/C=C. The molecule has 0 heterocycles. The summed E-state index contributed by atoms with van der Waals surface area (Å²) >= 11 is 0. The van der Waals surface area contributed by atoms with E-state index < -0.39 is 0 Å². The molecule has 0 aromatic carbocycles. The first-order chi connectivity index (χ1) is 11.4. The van der Waals surface area contributed by atoms with E-state index in [0.717, 1.165) is 0 Å². The molecule has 0 nitrogen and oxygen atoms in total. The molecule has 0 saturated heterocycles. The summed E-state index contributed by atoms with van der Waals surface area (Å²) in [5.74, 6) is 0. The van der Waals surface area contributed by atoms with Gasteiger partial charge < -0.3 is 0 Å². The van der Waals surface area contributed by atoms with Gasteiger partial charge in [-0.3, -0.25) is 0 Å². The Hall–Kier alpha value is -2.86. The molecule has 0 aliphatic carbocycles. The van der Waals surface area contributed by atoms with Crippen LogP contribution in [-0.4, -0.2) is 0 Å². The molecule has 0 aromatic heterocycles. The predicted molar refractivity (Wildman–Crippen MR) is 107 cm³/mol. The fraction of sp³-hybridized carbons (Fsp3) is 0. The Labute approximate surface area is 141 Å². The van der Waals surface area contributed by atoms with Gasteiger partial charge in [-0.05, 0) is 6.92 Å². The molecule has 0 bridgehead atoms. The maximum Gasteiger partial charge on any atom is -0.0313 e. The molecule has 0 N–H and O–H groups in total. The molecule has 0 fully saturated rings. The second kappa shape index (κ2) is 19.1. The molecular weight excluding hydrogens is 276 g/mol. The molecule has 0 amide bonds. The maximum absolute atomic E-state index is 3.60. The van der Waals surface area contributed by atoms with Gasteiger partial charge in [0.05, 0.1) is 0 Å². The summed E-state index contributed by atoms with van der Waals surface area (Å²) in [5.41, 5.74) is 0. The maximum atomic E-state index is 3.60. The zero-order valence-corrected chi connectivity index (χ0v) is 13.5. The Morgan fingerprint density at radius 1 is 0.304 bits per heavy atom. The molecule has 23 heavy (non-hydrogen) atoms. The van der Waals surface area contributed by atoms with Gasteiger partial charge in [-0.15, -0.1) is 0 Å². The van der Waals surface area contributed by atoms with Gasteiger partial charge in [0.2, 0.25) is 0 Å². The van der Waals surface area contributed by atoms with Crippen LogP contribution in [0.25, 0.3) is 0 Å². The van der Waals surface area contributed by atoms with Gasteiger partial charge in [0.1, 0.15) is 0 Å². The van der Waals surface area contributed by atoms with Crippen LogP contribution in [0.15, 0.2) is 134 Å². The van der Waals surface area contributed by atoms with E-state index >= 15 is 0 Å². The number of hydrogen-bond donors (Lipinski definition) is 0. The smallest absolute Gasteiger partial charge is 0.0313 e. The molecule has 0 unspecified atom stereocenters. The summed E-state index contributed by atoms with van der Waals surface area (Å²) in [4.78, 5) is 0. The molecule has 0 saturated carbocycles. The Bertz CT molecular complexity index is 565. The average molecular weight is 301 g/mol. The van der Waals surface area contributed by atoms with E-state index in [1.807, 2.05) is 115 Å². The van der Waals surface area contributed by atoms with Crippen LogP contribution in [0.1, 0.15) is 0 Å². The van der Waals surface area contributed by atoms with Crippen LogP contribution < -0.4 is 0 Å². The van der Waals surface area contributed by atoms with Crippen molar-refractivity contribution in [2.24, 2.45) is 0 Å². The van der Waals surface area contributed by atoms with Crippen LogP contribution in [0, 0.1) is 6.92 Å². The third-order valence-electron chi connectivity index (χ3n) is 2.27. The van der Waals surface area contributed by atoms with Crippen molar-refractivity contribution in [3.05, 3.63) is 141 Å². The third kappa shape index (κ3) is 19.1. The monoisotopic (exact) mass is 301 g/mol. The Morgan fingerprint density at radius 2 is 0.522 bits per heavy atom. The lowest BCUT2D eigenvalue weighted by Gasteiger charge is -1.75.